The summed E-state index contributed by atoms with van der Waals surface area (Å²) in [5.74, 6) is 1.79. The maximum atomic E-state index is 11.0. The number of thioether (sulfide) groups is 1. The predicted octanol–water partition coefficient (Wildman–Crippen LogP) is 5.26. The lowest BCUT2D eigenvalue weighted by atomic mass is 9.81. The number of benzene rings is 2. The fourth-order valence-electron chi connectivity index (χ4n) is 5.31. The fraction of sp³-hybridized carbons (Fsp3) is 0.600. The molecule has 2 aromatic rings. The number of aliphatic hydroxyl groups excluding tert-OH is 2. The minimum atomic E-state index is -2.62. The number of hydrogen-bond donors (Lipinski definition) is 3. The van der Waals surface area contributed by atoms with E-state index in [9.17, 15) is 10.2 Å². The molecule has 0 radical (unpaired) electrons. The summed E-state index contributed by atoms with van der Waals surface area (Å²) in [5, 5.41) is 24.3. The van der Waals surface area contributed by atoms with E-state index in [2.05, 4.69) is 95.8 Å². The van der Waals surface area contributed by atoms with E-state index in [1.54, 1.807) is 11.8 Å². The zero-order chi connectivity index (χ0) is 27.1. The van der Waals surface area contributed by atoms with E-state index >= 15 is 0 Å². The second-order valence-electron chi connectivity index (χ2n) is 11.8. The largest absolute Gasteiger partial charge is 0.407 e. The number of rotatable bonds is 12. The number of thiol groups is 1. The van der Waals surface area contributed by atoms with Crippen molar-refractivity contribution in [1.82, 2.24) is 0 Å². The van der Waals surface area contributed by atoms with Crippen molar-refractivity contribution in [3.05, 3.63) is 60.7 Å². The molecule has 1 heterocycles. The van der Waals surface area contributed by atoms with Crippen molar-refractivity contribution in [3.8, 4) is 0 Å². The van der Waals surface area contributed by atoms with Crippen LogP contribution >= 0.6 is 24.4 Å². The summed E-state index contributed by atoms with van der Waals surface area (Å²) in [6.07, 6.45) is 1.40. The van der Waals surface area contributed by atoms with Gasteiger partial charge in [-0.2, -0.15) is 12.6 Å². The van der Waals surface area contributed by atoms with Gasteiger partial charge in [0.1, 0.15) is 5.44 Å². The normalized spacial score (nSPS) is 23.1. The first-order chi connectivity index (χ1) is 17.5. The van der Waals surface area contributed by atoms with Crippen LogP contribution in [0.15, 0.2) is 60.7 Å². The van der Waals surface area contributed by atoms with E-state index in [4.69, 9.17) is 9.16 Å². The number of aliphatic hydroxyl groups is 2. The van der Waals surface area contributed by atoms with Gasteiger partial charge in [-0.05, 0) is 46.2 Å². The Kier molecular flexibility index (Phi) is 11.2. The van der Waals surface area contributed by atoms with E-state index < -0.39 is 20.5 Å². The maximum absolute atomic E-state index is 11.0. The zero-order valence-electron chi connectivity index (χ0n) is 23.1. The van der Waals surface area contributed by atoms with Gasteiger partial charge in [-0.3, -0.25) is 0 Å². The third kappa shape index (κ3) is 7.44. The quantitative estimate of drug-likeness (QED) is 0.187. The van der Waals surface area contributed by atoms with Gasteiger partial charge in [0.25, 0.3) is 8.32 Å². The molecule has 37 heavy (non-hydrogen) atoms. The Hall–Kier alpha value is -0.803. The summed E-state index contributed by atoms with van der Waals surface area (Å²) in [7, 11) is -2.62. The Bertz CT molecular complexity index is 896. The summed E-state index contributed by atoms with van der Waals surface area (Å²) >= 11 is 6.06. The molecule has 0 aliphatic carbocycles. The Labute approximate surface area is 235 Å². The van der Waals surface area contributed by atoms with Gasteiger partial charge in [0, 0.05) is 18.4 Å². The van der Waals surface area contributed by atoms with Crippen LogP contribution in [-0.4, -0.2) is 60.4 Å². The SMILES string of the molecule is CC1(C)C(SCCCS)O[C@H](C[C@H](O)CCO[Si](c2ccccc2)(c2ccccc2)C(C)(C)C)C[C@@H]1O. The third-order valence-electron chi connectivity index (χ3n) is 7.56. The smallest absolute Gasteiger partial charge is 0.261 e. The molecule has 1 fully saturated rings. The molecule has 206 valence electrons. The van der Waals surface area contributed by atoms with Gasteiger partial charge in [0.2, 0.25) is 0 Å². The van der Waals surface area contributed by atoms with Crippen molar-refractivity contribution in [2.24, 2.45) is 5.41 Å². The van der Waals surface area contributed by atoms with Crippen molar-refractivity contribution in [1.29, 1.82) is 0 Å². The van der Waals surface area contributed by atoms with Gasteiger partial charge in [-0.15, -0.1) is 11.8 Å². The Morgan fingerprint density at radius 2 is 1.65 bits per heavy atom. The molecule has 1 aliphatic heterocycles. The van der Waals surface area contributed by atoms with Crippen LogP contribution in [0.5, 0.6) is 0 Å². The standard InChI is InChI=1S/C30H46O4S2Si/c1-29(2,3)37(25-13-8-6-9-14-25,26-15-10-7-11-16-26)33-18-17-23(31)21-24-22-27(32)30(4,5)28(34-24)36-20-12-19-35/h6-11,13-16,23-24,27-28,31-32,35H,12,17-22H2,1-5H3/t23-,24-,27+,28?/m1/s1. The fourth-order valence-corrected chi connectivity index (χ4v) is 11.6. The molecule has 7 heteroatoms. The van der Waals surface area contributed by atoms with Crippen LogP contribution in [-0.2, 0) is 9.16 Å². The molecule has 1 saturated heterocycles. The first kappa shape index (κ1) is 30.7. The molecule has 1 unspecified atom stereocenters. The van der Waals surface area contributed by atoms with Crippen molar-refractivity contribution < 1.29 is 19.4 Å². The summed E-state index contributed by atoms with van der Waals surface area (Å²) < 4.78 is 13.4. The molecule has 0 spiro atoms. The summed E-state index contributed by atoms with van der Waals surface area (Å²) in [5.41, 5.74) is -0.420. The first-order valence-corrected chi connectivity index (χ1v) is 17.1. The second-order valence-corrected chi connectivity index (χ2v) is 17.7. The molecular weight excluding hydrogens is 517 g/mol. The lowest BCUT2D eigenvalue weighted by Crippen LogP contribution is -2.66. The molecule has 0 amide bonds. The summed E-state index contributed by atoms with van der Waals surface area (Å²) in [4.78, 5) is 0. The maximum Gasteiger partial charge on any atom is 0.261 e. The molecule has 4 atom stereocenters. The Balaban J connectivity index is 1.69. The minimum absolute atomic E-state index is 0.0957. The summed E-state index contributed by atoms with van der Waals surface area (Å²) in [6, 6.07) is 21.2. The lowest BCUT2D eigenvalue weighted by molar-refractivity contribution is -0.146. The molecule has 1 aliphatic rings. The van der Waals surface area contributed by atoms with Gasteiger partial charge in [-0.1, -0.05) is 95.3 Å². The lowest BCUT2D eigenvalue weighted by Gasteiger charge is -2.46. The van der Waals surface area contributed by atoms with Crippen LogP contribution in [0.1, 0.15) is 60.3 Å². The highest BCUT2D eigenvalue weighted by Crippen LogP contribution is 2.43. The van der Waals surface area contributed by atoms with Crippen LogP contribution in [0.25, 0.3) is 0 Å². The van der Waals surface area contributed by atoms with Gasteiger partial charge < -0.3 is 19.4 Å². The van der Waals surface area contributed by atoms with Crippen molar-refractivity contribution in [3.63, 3.8) is 0 Å². The van der Waals surface area contributed by atoms with E-state index in [1.165, 1.54) is 10.4 Å². The van der Waals surface area contributed by atoms with Crippen LogP contribution in [0.3, 0.4) is 0 Å². The third-order valence-corrected chi connectivity index (χ3v) is 14.5. The van der Waals surface area contributed by atoms with E-state index in [1.807, 2.05) is 12.1 Å². The van der Waals surface area contributed by atoms with Crippen molar-refractivity contribution >= 4 is 43.1 Å². The number of ether oxygens (including phenoxy) is 1. The predicted molar refractivity (Wildman–Crippen MR) is 163 cm³/mol. The molecule has 4 nitrogen and oxygen atoms in total. The van der Waals surface area contributed by atoms with Gasteiger partial charge in [-0.25, -0.2) is 0 Å². The molecule has 2 N–H and O–H groups in total. The van der Waals surface area contributed by atoms with Crippen LogP contribution in [0.4, 0.5) is 0 Å². The number of hydrogen-bond acceptors (Lipinski definition) is 6. The topological polar surface area (TPSA) is 58.9 Å². The Morgan fingerprint density at radius 1 is 1.08 bits per heavy atom. The van der Waals surface area contributed by atoms with Crippen LogP contribution in [0, 0.1) is 5.41 Å². The Morgan fingerprint density at radius 3 is 2.16 bits per heavy atom. The highest BCUT2D eigenvalue weighted by atomic mass is 32.2. The molecule has 0 bridgehead atoms. The van der Waals surface area contributed by atoms with Crippen molar-refractivity contribution in [2.75, 3.05) is 18.1 Å². The van der Waals surface area contributed by atoms with E-state index in [0.29, 0.717) is 25.9 Å². The summed E-state index contributed by atoms with van der Waals surface area (Å²) in [6.45, 7) is 11.4. The first-order valence-electron chi connectivity index (χ1n) is 13.5. The van der Waals surface area contributed by atoms with Gasteiger partial charge >= 0.3 is 0 Å². The van der Waals surface area contributed by atoms with E-state index in [0.717, 1.165) is 17.9 Å². The highest BCUT2D eigenvalue weighted by molar-refractivity contribution is 7.99. The van der Waals surface area contributed by atoms with Crippen LogP contribution < -0.4 is 10.4 Å². The van der Waals surface area contributed by atoms with Crippen LogP contribution in [0.2, 0.25) is 5.04 Å². The van der Waals surface area contributed by atoms with Gasteiger partial charge in [0.15, 0.2) is 0 Å². The monoisotopic (exact) mass is 562 g/mol. The molecular formula is C30H46O4S2Si. The zero-order valence-corrected chi connectivity index (χ0v) is 25.8. The molecule has 0 saturated carbocycles. The molecule has 3 rings (SSSR count). The average Bonchev–Trinajstić information content (AvgIpc) is 2.85. The van der Waals surface area contributed by atoms with E-state index in [-0.39, 0.29) is 22.0 Å². The minimum Gasteiger partial charge on any atom is -0.407 e. The average molecular weight is 563 g/mol. The van der Waals surface area contributed by atoms with Crippen molar-refractivity contribution in [2.45, 2.75) is 89.1 Å². The molecule has 2 aromatic carbocycles. The van der Waals surface area contributed by atoms with Gasteiger partial charge in [0.05, 0.1) is 18.3 Å². The highest BCUT2D eigenvalue weighted by Gasteiger charge is 2.50. The second kappa shape index (κ2) is 13.5. The molecule has 0 aromatic heterocycles.